The van der Waals surface area contributed by atoms with E-state index in [2.05, 4.69) is 4.84 Å². The summed E-state index contributed by atoms with van der Waals surface area (Å²) in [6, 6.07) is 0. The Balaban J connectivity index is 3.72. The van der Waals surface area contributed by atoms with Crippen molar-refractivity contribution in [3.8, 4) is 0 Å². The summed E-state index contributed by atoms with van der Waals surface area (Å²) in [5.41, 5.74) is 0. The normalized spacial score (nSPS) is 10.3. The molecule has 0 radical (unpaired) electrons. The molecule has 0 aliphatic carbocycles. The highest BCUT2D eigenvalue weighted by Crippen LogP contribution is 1.87. The second-order valence-electron chi connectivity index (χ2n) is 1.83. The van der Waals surface area contributed by atoms with Gasteiger partial charge in [0.15, 0.2) is 0 Å². The van der Waals surface area contributed by atoms with Gasteiger partial charge in [0.2, 0.25) is 0 Å². The Morgan fingerprint density at radius 2 is 2.30 bits per heavy atom. The summed E-state index contributed by atoms with van der Waals surface area (Å²) in [5.74, 6) is -0.135. The van der Waals surface area contributed by atoms with E-state index in [1.54, 1.807) is 13.1 Å². The summed E-state index contributed by atoms with van der Waals surface area (Å²) < 4.78 is 0. The van der Waals surface area contributed by atoms with Gasteiger partial charge in [-0.1, -0.05) is 13.0 Å². The average molecular weight is 143 g/mol. The fraction of sp³-hybridized carbons (Fsp3) is 0.571. The smallest absolute Gasteiger partial charge is 0.269 e. The first-order valence-electron chi connectivity index (χ1n) is 3.20. The highest BCUT2D eigenvalue weighted by Gasteiger charge is 1.99. The predicted molar refractivity (Wildman–Crippen MR) is 39.2 cm³/mol. The molecule has 0 aromatic rings. The molecular formula is C7H13NO2. The number of likely N-dealkylation sites (N-methyl/N-ethyl adjacent to an activating group) is 1. The topological polar surface area (TPSA) is 29.5 Å². The molecule has 3 nitrogen and oxygen atoms in total. The first-order valence-corrected chi connectivity index (χ1v) is 3.20. The third-order valence-corrected chi connectivity index (χ3v) is 1.08. The van der Waals surface area contributed by atoms with E-state index in [4.69, 9.17) is 0 Å². The van der Waals surface area contributed by atoms with Crippen molar-refractivity contribution in [3.05, 3.63) is 12.2 Å². The Morgan fingerprint density at radius 3 is 2.70 bits per heavy atom. The van der Waals surface area contributed by atoms with Crippen LogP contribution in [0.5, 0.6) is 0 Å². The Morgan fingerprint density at radius 1 is 1.70 bits per heavy atom. The van der Waals surface area contributed by atoms with Gasteiger partial charge in [-0.15, -0.1) is 0 Å². The van der Waals surface area contributed by atoms with Crippen LogP contribution in [0.4, 0.5) is 0 Å². The lowest BCUT2D eigenvalue weighted by molar-refractivity contribution is -0.162. The van der Waals surface area contributed by atoms with E-state index >= 15 is 0 Å². The van der Waals surface area contributed by atoms with Crippen LogP contribution in [0.3, 0.4) is 0 Å². The zero-order valence-electron chi connectivity index (χ0n) is 6.63. The van der Waals surface area contributed by atoms with E-state index in [0.29, 0.717) is 0 Å². The van der Waals surface area contributed by atoms with Gasteiger partial charge < -0.3 is 0 Å². The van der Waals surface area contributed by atoms with E-state index in [1.165, 1.54) is 18.2 Å². The maximum Gasteiger partial charge on any atom is 0.269 e. The Labute approximate surface area is 61.2 Å². The third-order valence-electron chi connectivity index (χ3n) is 1.08. The first-order chi connectivity index (χ1) is 4.72. The van der Waals surface area contributed by atoms with Crippen LogP contribution in [0.2, 0.25) is 0 Å². The quantitative estimate of drug-likeness (QED) is 0.435. The molecule has 0 aliphatic heterocycles. The molecule has 58 valence electrons. The van der Waals surface area contributed by atoms with Gasteiger partial charge in [0, 0.05) is 13.1 Å². The maximum absolute atomic E-state index is 10.8. The summed E-state index contributed by atoms with van der Waals surface area (Å²) in [4.78, 5) is 15.5. The Bertz CT molecular complexity index is 132. The van der Waals surface area contributed by atoms with Gasteiger partial charge in [0.1, 0.15) is 0 Å². The van der Waals surface area contributed by atoms with Gasteiger partial charge in [-0.2, -0.15) is 0 Å². The standard InChI is InChI=1S/C7H13NO2/c1-4-5-6-7(9)8(2)10-3/h5-6H,4H2,1-3H3/b6-5+. The molecule has 0 heterocycles. The number of allylic oxidation sites excluding steroid dienone is 1. The predicted octanol–water partition coefficient (Wildman–Crippen LogP) is 0.972. The first kappa shape index (κ1) is 9.17. The molecule has 0 spiro atoms. The Hall–Kier alpha value is -0.830. The molecule has 0 saturated heterocycles. The van der Waals surface area contributed by atoms with Crippen LogP contribution in [0, 0.1) is 0 Å². The minimum atomic E-state index is -0.135. The fourth-order valence-electron chi connectivity index (χ4n) is 0.414. The number of nitrogens with zero attached hydrogens (tertiary/aromatic N) is 1. The SMILES string of the molecule is CC/C=C/C(=O)N(C)OC. The van der Waals surface area contributed by atoms with Crippen molar-refractivity contribution in [3.63, 3.8) is 0 Å². The molecule has 0 N–H and O–H groups in total. The average Bonchev–Trinajstić information content (AvgIpc) is 1.98. The molecule has 10 heavy (non-hydrogen) atoms. The number of carbonyl (C=O) groups excluding carboxylic acids is 1. The van der Waals surface area contributed by atoms with Gasteiger partial charge in [0.05, 0.1) is 7.11 Å². The van der Waals surface area contributed by atoms with E-state index in [1.807, 2.05) is 6.92 Å². The van der Waals surface area contributed by atoms with Crippen molar-refractivity contribution in [2.75, 3.05) is 14.2 Å². The summed E-state index contributed by atoms with van der Waals surface area (Å²) in [6.07, 6.45) is 4.14. The summed E-state index contributed by atoms with van der Waals surface area (Å²) in [7, 11) is 3.03. The molecule has 0 saturated carbocycles. The van der Waals surface area contributed by atoms with Crippen molar-refractivity contribution in [1.82, 2.24) is 5.06 Å². The summed E-state index contributed by atoms with van der Waals surface area (Å²) in [6.45, 7) is 1.97. The largest absolute Gasteiger partial charge is 0.274 e. The fourth-order valence-corrected chi connectivity index (χ4v) is 0.414. The zero-order chi connectivity index (χ0) is 7.98. The maximum atomic E-state index is 10.8. The minimum Gasteiger partial charge on any atom is -0.274 e. The number of amides is 1. The van der Waals surface area contributed by atoms with Crippen LogP contribution in [0.1, 0.15) is 13.3 Å². The van der Waals surface area contributed by atoms with E-state index < -0.39 is 0 Å². The van der Waals surface area contributed by atoms with E-state index in [9.17, 15) is 4.79 Å². The zero-order valence-corrected chi connectivity index (χ0v) is 6.63. The molecule has 3 heteroatoms. The third kappa shape index (κ3) is 3.25. The molecule has 0 fully saturated rings. The molecule has 0 atom stereocenters. The van der Waals surface area contributed by atoms with Crippen LogP contribution in [0.15, 0.2) is 12.2 Å². The van der Waals surface area contributed by atoms with Crippen molar-refractivity contribution in [2.45, 2.75) is 13.3 Å². The molecule has 0 bridgehead atoms. The monoisotopic (exact) mass is 143 g/mol. The molecule has 0 rings (SSSR count). The molecule has 0 aliphatic rings. The van der Waals surface area contributed by atoms with Gasteiger partial charge >= 0.3 is 0 Å². The second-order valence-corrected chi connectivity index (χ2v) is 1.83. The van der Waals surface area contributed by atoms with Gasteiger partial charge in [0.25, 0.3) is 5.91 Å². The van der Waals surface area contributed by atoms with Gasteiger partial charge in [-0.25, -0.2) is 5.06 Å². The van der Waals surface area contributed by atoms with Crippen molar-refractivity contribution >= 4 is 5.91 Å². The van der Waals surface area contributed by atoms with Crippen LogP contribution in [-0.4, -0.2) is 25.1 Å². The molecule has 1 amide bonds. The lowest BCUT2D eigenvalue weighted by atomic mass is 10.4. The van der Waals surface area contributed by atoms with Gasteiger partial charge in [-0.05, 0) is 6.42 Å². The lowest BCUT2D eigenvalue weighted by Crippen LogP contribution is -2.22. The number of hydrogen-bond donors (Lipinski definition) is 0. The van der Waals surface area contributed by atoms with Crippen LogP contribution in [0.25, 0.3) is 0 Å². The van der Waals surface area contributed by atoms with Crippen molar-refractivity contribution < 1.29 is 9.63 Å². The Kier molecular flexibility index (Phi) is 4.58. The molecule has 0 aromatic carbocycles. The second kappa shape index (κ2) is 4.99. The van der Waals surface area contributed by atoms with Crippen molar-refractivity contribution in [2.24, 2.45) is 0 Å². The van der Waals surface area contributed by atoms with Crippen LogP contribution >= 0.6 is 0 Å². The van der Waals surface area contributed by atoms with Crippen LogP contribution < -0.4 is 0 Å². The highest BCUT2D eigenvalue weighted by atomic mass is 16.7. The van der Waals surface area contributed by atoms with Crippen LogP contribution in [-0.2, 0) is 9.63 Å². The highest BCUT2D eigenvalue weighted by molar-refractivity contribution is 5.86. The number of hydroxylamine groups is 2. The molecular weight excluding hydrogens is 130 g/mol. The molecule has 0 aromatic heterocycles. The summed E-state index contributed by atoms with van der Waals surface area (Å²) in [5, 5.41) is 1.17. The number of carbonyl (C=O) groups is 1. The minimum absolute atomic E-state index is 0.135. The number of hydrogen-bond acceptors (Lipinski definition) is 2. The number of rotatable bonds is 3. The summed E-state index contributed by atoms with van der Waals surface area (Å²) >= 11 is 0. The van der Waals surface area contributed by atoms with E-state index in [0.717, 1.165) is 6.42 Å². The molecule has 0 unspecified atom stereocenters. The van der Waals surface area contributed by atoms with E-state index in [-0.39, 0.29) is 5.91 Å². The lowest BCUT2D eigenvalue weighted by Gasteiger charge is -2.09. The van der Waals surface area contributed by atoms with Gasteiger partial charge in [-0.3, -0.25) is 9.63 Å². The van der Waals surface area contributed by atoms with Crippen molar-refractivity contribution in [1.29, 1.82) is 0 Å².